The van der Waals surface area contributed by atoms with Crippen molar-refractivity contribution in [2.24, 2.45) is 4.99 Å². The van der Waals surface area contributed by atoms with Crippen LogP contribution in [0.3, 0.4) is 0 Å². The van der Waals surface area contributed by atoms with Crippen molar-refractivity contribution in [3.05, 3.63) is 35.6 Å². The molecule has 1 aromatic carbocycles. The highest BCUT2D eigenvalue weighted by molar-refractivity contribution is 14.0. The fourth-order valence-corrected chi connectivity index (χ4v) is 4.79. The van der Waals surface area contributed by atoms with Crippen molar-refractivity contribution in [3.8, 4) is 0 Å². The van der Waals surface area contributed by atoms with Crippen molar-refractivity contribution in [1.29, 1.82) is 0 Å². The van der Waals surface area contributed by atoms with Gasteiger partial charge in [-0.15, -0.1) is 24.0 Å². The van der Waals surface area contributed by atoms with Gasteiger partial charge < -0.3 is 15.5 Å². The van der Waals surface area contributed by atoms with Crippen molar-refractivity contribution < 1.29 is 4.39 Å². The van der Waals surface area contributed by atoms with Gasteiger partial charge in [0, 0.05) is 31.1 Å². The van der Waals surface area contributed by atoms with Crippen LogP contribution in [0.1, 0.15) is 51.5 Å². The van der Waals surface area contributed by atoms with E-state index in [0.717, 1.165) is 31.2 Å². The number of likely N-dealkylation sites (tertiary alicyclic amines) is 2. The van der Waals surface area contributed by atoms with Gasteiger partial charge in [0.15, 0.2) is 5.96 Å². The molecule has 2 aliphatic heterocycles. The maximum Gasteiger partial charge on any atom is 0.191 e. The molecule has 0 spiro atoms. The van der Waals surface area contributed by atoms with Crippen LogP contribution in [-0.4, -0.2) is 74.7 Å². The molecule has 0 saturated carbocycles. The number of aliphatic imine (C=N–C) groups is 1. The molecule has 5 nitrogen and oxygen atoms in total. The highest BCUT2D eigenvalue weighted by atomic mass is 127. The first-order chi connectivity index (χ1) is 14.3. The lowest BCUT2D eigenvalue weighted by Gasteiger charge is -2.50. The molecule has 31 heavy (non-hydrogen) atoms. The molecule has 2 aliphatic rings. The minimum Gasteiger partial charge on any atom is -0.356 e. The Balaban J connectivity index is 0.00000341. The Hall–Kier alpha value is -0.930. The highest BCUT2D eigenvalue weighted by Gasteiger charge is 2.39. The van der Waals surface area contributed by atoms with Crippen molar-refractivity contribution in [1.82, 2.24) is 20.4 Å². The molecule has 2 saturated heterocycles. The summed E-state index contributed by atoms with van der Waals surface area (Å²) in [7, 11) is 4.05. The maximum absolute atomic E-state index is 13.7. The van der Waals surface area contributed by atoms with Gasteiger partial charge in [-0.1, -0.05) is 32.4 Å². The van der Waals surface area contributed by atoms with E-state index in [0.29, 0.717) is 6.54 Å². The topological polar surface area (TPSA) is 42.9 Å². The van der Waals surface area contributed by atoms with Gasteiger partial charge >= 0.3 is 0 Å². The summed E-state index contributed by atoms with van der Waals surface area (Å²) in [5.74, 6) is 0.642. The van der Waals surface area contributed by atoms with Crippen LogP contribution in [0.25, 0.3) is 0 Å². The summed E-state index contributed by atoms with van der Waals surface area (Å²) in [6.07, 6.45) is 6.38. The second kappa shape index (κ2) is 11.8. The second-order valence-corrected chi connectivity index (χ2v) is 9.75. The molecule has 3 rings (SSSR count). The van der Waals surface area contributed by atoms with Crippen LogP contribution in [0.4, 0.5) is 4.39 Å². The van der Waals surface area contributed by atoms with E-state index in [2.05, 4.69) is 46.3 Å². The second-order valence-electron chi connectivity index (χ2n) is 9.75. The molecular weight excluding hydrogens is 504 g/mol. The number of piperidine rings is 2. The fraction of sp³-hybridized carbons (Fsp3) is 0.708. The van der Waals surface area contributed by atoms with Gasteiger partial charge in [-0.05, 0) is 76.6 Å². The summed E-state index contributed by atoms with van der Waals surface area (Å²) in [6.45, 7) is 10.6. The third-order valence-corrected chi connectivity index (χ3v) is 7.06. The van der Waals surface area contributed by atoms with E-state index >= 15 is 0 Å². The zero-order chi connectivity index (χ0) is 21.6. The van der Waals surface area contributed by atoms with Crippen molar-refractivity contribution in [3.63, 3.8) is 0 Å². The summed E-state index contributed by atoms with van der Waals surface area (Å²) in [6, 6.07) is 6.89. The predicted octanol–water partition coefficient (Wildman–Crippen LogP) is 3.84. The summed E-state index contributed by atoms with van der Waals surface area (Å²) < 4.78 is 13.7. The maximum atomic E-state index is 13.7. The Labute approximate surface area is 205 Å². The number of nitrogens with zero attached hydrogens (tertiary/aromatic N) is 3. The van der Waals surface area contributed by atoms with E-state index in [9.17, 15) is 4.39 Å². The van der Waals surface area contributed by atoms with E-state index in [1.54, 1.807) is 12.1 Å². The molecular formula is C24H41FIN5. The molecule has 0 amide bonds. The molecule has 0 aliphatic carbocycles. The minimum atomic E-state index is -0.197. The van der Waals surface area contributed by atoms with E-state index < -0.39 is 0 Å². The Morgan fingerprint density at radius 1 is 1.10 bits per heavy atom. The Morgan fingerprint density at radius 3 is 2.39 bits per heavy atom. The number of guanidine groups is 1. The number of halogens is 2. The van der Waals surface area contributed by atoms with Crippen LogP contribution in [0.2, 0.25) is 0 Å². The number of hydrogen-bond donors (Lipinski definition) is 2. The van der Waals surface area contributed by atoms with Crippen molar-refractivity contribution >= 4 is 29.9 Å². The van der Waals surface area contributed by atoms with E-state index in [4.69, 9.17) is 0 Å². The summed E-state index contributed by atoms with van der Waals surface area (Å²) >= 11 is 0. The number of rotatable bonds is 6. The molecule has 0 bridgehead atoms. The Morgan fingerprint density at radius 2 is 1.77 bits per heavy atom. The molecule has 0 atom stereocenters. The average Bonchev–Trinajstić information content (AvgIpc) is 2.76. The minimum absolute atomic E-state index is 0. The molecule has 2 N–H and O–H groups in total. The van der Waals surface area contributed by atoms with Crippen LogP contribution in [-0.2, 0) is 5.41 Å². The molecule has 0 unspecified atom stereocenters. The van der Waals surface area contributed by atoms with Crippen LogP contribution in [0.5, 0.6) is 0 Å². The van der Waals surface area contributed by atoms with Gasteiger partial charge in [0.05, 0.1) is 0 Å². The van der Waals surface area contributed by atoms with Gasteiger partial charge in [0.25, 0.3) is 0 Å². The average molecular weight is 546 g/mol. The third-order valence-electron chi connectivity index (χ3n) is 7.06. The molecule has 2 fully saturated rings. The lowest BCUT2D eigenvalue weighted by Crippen LogP contribution is -2.62. The zero-order valence-electron chi connectivity index (χ0n) is 19.7. The molecule has 176 valence electrons. The Bertz CT molecular complexity index is 710. The first kappa shape index (κ1) is 26.3. The third kappa shape index (κ3) is 7.02. The van der Waals surface area contributed by atoms with E-state index in [-0.39, 0.29) is 40.7 Å². The zero-order valence-corrected chi connectivity index (χ0v) is 22.0. The highest BCUT2D eigenvalue weighted by Crippen LogP contribution is 2.31. The molecule has 0 radical (unpaired) electrons. The van der Waals surface area contributed by atoms with Gasteiger partial charge in [-0.25, -0.2) is 4.39 Å². The molecule has 1 aromatic rings. The largest absolute Gasteiger partial charge is 0.356 e. The monoisotopic (exact) mass is 545 g/mol. The molecule has 7 heteroatoms. The molecule has 0 aromatic heterocycles. The van der Waals surface area contributed by atoms with Crippen LogP contribution >= 0.6 is 24.0 Å². The lowest BCUT2D eigenvalue weighted by molar-refractivity contribution is 0.0173. The first-order valence-electron chi connectivity index (χ1n) is 11.5. The van der Waals surface area contributed by atoms with Crippen LogP contribution < -0.4 is 10.6 Å². The van der Waals surface area contributed by atoms with Crippen LogP contribution in [0.15, 0.2) is 29.3 Å². The van der Waals surface area contributed by atoms with Crippen LogP contribution in [0, 0.1) is 5.82 Å². The predicted molar refractivity (Wildman–Crippen MR) is 139 cm³/mol. The number of nitrogens with one attached hydrogen (secondary N) is 2. The molecule has 2 heterocycles. The van der Waals surface area contributed by atoms with Gasteiger partial charge in [-0.2, -0.15) is 0 Å². The summed E-state index contributed by atoms with van der Waals surface area (Å²) in [4.78, 5) is 9.65. The van der Waals surface area contributed by atoms with E-state index in [1.165, 1.54) is 51.3 Å². The first-order valence-corrected chi connectivity index (χ1v) is 11.5. The Kier molecular flexibility index (Phi) is 10.0. The number of hydrogen-bond acceptors (Lipinski definition) is 3. The van der Waals surface area contributed by atoms with Gasteiger partial charge in [-0.3, -0.25) is 9.89 Å². The van der Waals surface area contributed by atoms with Gasteiger partial charge in [0.1, 0.15) is 5.82 Å². The summed E-state index contributed by atoms with van der Waals surface area (Å²) in [5.41, 5.74) is 1.01. The fourth-order valence-electron chi connectivity index (χ4n) is 4.79. The van der Waals surface area contributed by atoms with E-state index in [1.807, 2.05) is 13.1 Å². The number of benzene rings is 1. The smallest absolute Gasteiger partial charge is 0.191 e. The quantitative estimate of drug-likeness (QED) is 0.324. The van der Waals surface area contributed by atoms with Gasteiger partial charge in [0.2, 0.25) is 0 Å². The standard InChI is InChI=1S/C24H40FN5.HI/c1-23(2,20-9-8-10-21(25)17-20)18-27-22(26-3)28-19-24(11-15-29(4)16-12-24)30-13-6-5-7-14-30;/h8-10,17H,5-7,11-16,18-19H2,1-4H3,(H2,26,27,28);1H. The summed E-state index contributed by atoms with van der Waals surface area (Å²) in [5, 5.41) is 7.12. The SMILES string of the molecule is CN=C(NCC(C)(C)c1cccc(F)c1)NCC1(N2CCCCC2)CCN(C)CC1.I. The normalized spacial score (nSPS) is 20.7. The lowest BCUT2D eigenvalue weighted by atomic mass is 9.84. The van der Waals surface area contributed by atoms with Crippen molar-refractivity contribution in [2.45, 2.75) is 56.9 Å². The van der Waals surface area contributed by atoms with Crippen molar-refractivity contribution in [2.75, 3.05) is 53.4 Å².